The molecule has 0 aromatic heterocycles. The van der Waals surface area contributed by atoms with Crippen molar-refractivity contribution in [1.29, 1.82) is 0 Å². The Bertz CT molecular complexity index is 644. The van der Waals surface area contributed by atoms with Crippen LogP contribution in [0.25, 0.3) is 0 Å². The van der Waals surface area contributed by atoms with Crippen LogP contribution in [0.1, 0.15) is 50.8 Å². The smallest absolute Gasteiger partial charge is 0.161 e. The zero-order valence-electron chi connectivity index (χ0n) is 17.6. The fraction of sp³-hybridized carbons (Fsp3) is 0.727. The maximum atomic E-state index is 12.4. The summed E-state index contributed by atoms with van der Waals surface area (Å²) in [5, 5.41) is 0. The predicted molar refractivity (Wildman–Crippen MR) is 108 cm³/mol. The molecule has 3 rings (SSSR count). The van der Waals surface area contributed by atoms with Crippen molar-refractivity contribution >= 4 is 0 Å². The molecule has 1 aromatic rings. The molecule has 0 aliphatic carbocycles. The van der Waals surface area contributed by atoms with Crippen LogP contribution in [-0.2, 0) is 6.42 Å². The molecule has 0 bridgehead atoms. The minimum Gasteiger partial charge on any atom is -0.493 e. The van der Waals surface area contributed by atoms with Gasteiger partial charge in [0.05, 0.1) is 20.4 Å². The van der Waals surface area contributed by atoms with Crippen LogP contribution in [0.15, 0.2) is 12.1 Å². The Balaban J connectivity index is 1.80. The lowest BCUT2D eigenvalue weighted by atomic mass is 9.84. The van der Waals surface area contributed by atoms with Crippen LogP contribution >= 0.6 is 0 Å². The molecule has 4 nitrogen and oxygen atoms in total. The van der Waals surface area contributed by atoms with Gasteiger partial charge in [-0.1, -0.05) is 20.8 Å². The van der Waals surface area contributed by atoms with Crippen molar-refractivity contribution in [3.05, 3.63) is 23.3 Å². The number of methoxy groups -OCH3 is 1. The van der Waals surface area contributed by atoms with Gasteiger partial charge in [-0.25, -0.2) is 0 Å². The fourth-order valence-corrected chi connectivity index (χ4v) is 4.46. The van der Waals surface area contributed by atoms with E-state index in [1.54, 1.807) is 7.11 Å². The Kier molecular flexibility index (Phi) is 6.32. The summed E-state index contributed by atoms with van der Waals surface area (Å²) in [6.07, 6.45) is 2.65. The number of likely N-dealkylation sites (N-methyl/N-ethyl adjacent to an activating group) is 1. The summed E-state index contributed by atoms with van der Waals surface area (Å²) in [5.74, 6) is 1.50. The third kappa shape index (κ3) is 4.75. The summed E-state index contributed by atoms with van der Waals surface area (Å²) < 4.78 is 23.7. The Morgan fingerprint density at radius 3 is 2.63 bits per heavy atom. The van der Waals surface area contributed by atoms with Crippen molar-refractivity contribution in [3.8, 4) is 11.5 Å². The second kappa shape index (κ2) is 8.36. The number of rotatable bonds is 6. The number of ether oxygens (including phenoxy) is 2. The molecule has 0 spiro atoms. The first kappa shape index (κ1) is 20.4. The molecule has 1 aromatic carbocycles. The number of fused-ring (bicyclic) bond motifs is 3. The van der Waals surface area contributed by atoms with Gasteiger partial charge in [-0.2, -0.15) is 0 Å². The number of halogens is 1. The Labute approximate surface area is 163 Å². The highest BCUT2D eigenvalue weighted by atomic mass is 19.1. The highest BCUT2D eigenvalue weighted by Crippen LogP contribution is 2.41. The summed E-state index contributed by atoms with van der Waals surface area (Å²) in [7, 11) is 3.93. The molecule has 152 valence electrons. The number of hydrogen-bond donors (Lipinski definition) is 0. The highest BCUT2D eigenvalue weighted by molar-refractivity contribution is 5.49. The molecular weight excluding hydrogens is 343 g/mol. The van der Waals surface area contributed by atoms with Gasteiger partial charge in [-0.15, -0.1) is 0 Å². The lowest BCUT2D eigenvalue weighted by Gasteiger charge is -2.49. The van der Waals surface area contributed by atoms with Gasteiger partial charge in [0.15, 0.2) is 11.5 Å². The minimum atomic E-state index is -0.355. The molecule has 5 heteroatoms. The molecule has 2 unspecified atom stereocenters. The quantitative estimate of drug-likeness (QED) is 0.697. The van der Waals surface area contributed by atoms with Gasteiger partial charge in [0.2, 0.25) is 0 Å². The number of benzene rings is 1. The predicted octanol–water partition coefficient (Wildman–Crippen LogP) is 4.08. The molecule has 1 saturated heterocycles. The Morgan fingerprint density at radius 2 is 1.96 bits per heavy atom. The molecule has 2 aliphatic heterocycles. The number of nitrogens with zero attached hydrogens (tertiary/aromatic N) is 2. The number of piperazine rings is 1. The maximum Gasteiger partial charge on any atom is 0.161 e. The van der Waals surface area contributed by atoms with Crippen LogP contribution in [0.4, 0.5) is 4.39 Å². The van der Waals surface area contributed by atoms with E-state index in [0.29, 0.717) is 30.5 Å². The first-order valence-corrected chi connectivity index (χ1v) is 10.2. The average molecular weight is 379 g/mol. The topological polar surface area (TPSA) is 24.9 Å². The van der Waals surface area contributed by atoms with Gasteiger partial charge >= 0.3 is 0 Å². The second-order valence-electron chi connectivity index (χ2n) is 9.21. The van der Waals surface area contributed by atoms with Gasteiger partial charge in [0.25, 0.3) is 0 Å². The average Bonchev–Trinajstić information content (AvgIpc) is 2.61. The lowest BCUT2D eigenvalue weighted by molar-refractivity contribution is 0.0213. The molecule has 2 heterocycles. The van der Waals surface area contributed by atoms with Gasteiger partial charge in [-0.3, -0.25) is 9.29 Å². The Morgan fingerprint density at radius 1 is 1.19 bits per heavy atom. The summed E-state index contributed by atoms with van der Waals surface area (Å²) in [6.45, 7) is 10.3. The van der Waals surface area contributed by atoms with E-state index in [2.05, 4.69) is 49.8 Å². The van der Waals surface area contributed by atoms with Gasteiger partial charge in [-0.05, 0) is 48.6 Å². The molecule has 27 heavy (non-hydrogen) atoms. The first-order chi connectivity index (χ1) is 12.8. The van der Waals surface area contributed by atoms with Crippen molar-refractivity contribution < 1.29 is 13.9 Å². The van der Waals surface area contributed by atoms with E-state index in [1.165, 1.54) is 17.5 Å². The van der Waals surface area contributed by atoms with Crippen LogP contribution in [0.5, 0.6) is 11.5 Å². The SMILES string of the molecule is COc1cc2c(cc1OCCCF)CCN1CC(CC(C)(C)C)N(C)CC21. The largest absolute Gasteiger partial charge is 0.493 e. The minimum absolute atomic E-state index is 0.342. The molecule has 0 amide bonds. The molecule has 2 atom stereocenters. The van der Waals surface area contributed by atoms with E-state index in [1.807, 2.05) is 0 Å². The van der Waals surface area contributed by atoms with E-state index < -0.39 is 0 Å². The summed E-state index contributed by atoms with van der Waals surface area (Å²) in [6, 6.07) is 5.27. The third-order valence-corrected chi connectivity index (χ3v) is 5.81. The van der Waals surface area contributed by atoms with Crippen LogP contribution in [0, 0.1) is 5.41 Å². The molecule has 0 saturated carbocycles. The van der Waals surface area contributed by atoms with Crippen LogP contribution in [0.2, 0.25) is 0 Å². The Hall–Kier alpha value is -1.33. The van der Waals surface area contributed by atoms with E-state index in [0.717, 1.165) is 37.6 Å². The number of hydrogen-bond acceptors (Lipinski definition) is 4. The fourth-order valence-electron chi connectivity index (χ4n) is 4.46. The number of alkyl halides is 1. The van der Waals surface area contributed by atoms with E-state index in [4.69, 9.17) is 9.47 Å². The van der Waals surface area contributed by atoms with Crippen molar-refractivity contribution in [2.24, 2.45) is 5.41 Å². The molecule has 2 aliphatic rings. The van der Waals surface area contributed by atoms with E-state index >= 15 is 0 Å². The molecule has 0 radical (unpaired) electrons. The normalized spacial score (nSPS) is 23.6. The van der Waals surface area contributed by atoms with Crippen LogP contribution in [-0.4, -0.2) is 62.9 Å². The standard InChI is InChI=1S/C22H35FN2O2/c1-22(2,3)13-17-14-25-9-7-16-11-21(27-10-6-8-23)20(26-5)12-18(16)19(25)15-24(17)4/h11-12,17,19H,6-10,13-15H2,1-5H3. The zero-order chi connectivity index (χ0) is 19.6. The van der Waals surface area contributed by atoms with Crippen molar-refractivity contribution in [2.75, 3.05) is 47.1 Å². The highest BCUT2D eigenvalue weighted by Gasteiger charge is 2.37. The lowest BCUT2D eigenvalue weighted by Crippen LogP contribution is -2.55. The van der Waals surface area contributed by atoms with E-state index in [-0.39, 0.29) is 6.67 Å². The molecule has 1 fully saturated rings. The van der Waals surface area contributed by atoms with Crippen molar-refractivity contribution in [1.82, 2.24) is 9.80 Å². The van der Waals surface area contributed by atoms with Crippen molar-refractivity contribution in [2.45, 2.75) is 52.1 Å². The monoisotopic (exact) mass is 378 g/mol. The van der Waals surface area contributed by atoms with Crippen LogP contribution in [0.3, 0.4) is 0 Å². The molecule has 0 N–H and O–H groups in total. The summed E-state index contributed by atoms with van der Waals surface area (Å²) in [4.78, 5) is 5.17. The molecular formula is C22H35FN2O2. The van der Waals surface area contributed by atoms with Gasteiger partial charge in [0, 0.05) is 38.1 Å². The second-order valence-corrected chi connectivity index (χ2v) is 9.21. The summed E-state index contributed by atoms with van der Waals surface area (Å²) >= 11 is 0. The zero-order valence-corrected chi connectivity index (χ0v) is 17.6. The maximum absolute atomic E-state index is 12.4. The summed E-state index contributed by atoms with van der Waals surface area (Å²) in [5.41, 5.74) is 3.04. The van der Waals surface area contributed by atoms with Crippen molar-refractivity contribution in [3.63, 3.8) is 0 Å². The van der Waals surface area contributed by atoms with Gasteiger partial charge < -0.3 is 14.4 Å². The van der Waals surface area contributed by atoms with Crippen LogP contribution < -0.4 is 9.47 Å². The van der Waals surface area contributed by atoms with E-state index in [9.17, 15) is 4.39 Å². The first-order valence-electron chi connectivity index (χ1n) is 10.2. The third-order valence-electron chi connectivity index (χ3n) is 5.81. The van der Waals surface area contributed by atoms with Gasteiger partial charge in [0.1, 0.15) is 0 Å².